The average molecular weight is 270 g/mol. The fourth-order valence-corrected chi connectivity index (χ4v) is 2.12. The Bertz CT molecular complexity index is 577. The molecule has 2 nitrogen and oxygen atoms in total. The Kier molecular flexibility index (Phi) is 2.61. The summed E-state index contributed by atoms with van der Waals surface area (Å²) in [4.78, 5) is 14.9. The van der Waals surface area contributed by atoms with Gasteiger partial charge in [-0.2, -0.15) is 0 Å². The second-order valence-electron chi connectivity index (χ2n) is 3.29. The Labute approximate surface area is 94.3 Å². The lowest BCUT2D eigenvalue weighted by Crippen LogP contribution is -2.08. The van der Waals surface area contributed by atoms with Crippen molar-refractivity contribution in [1.82, 2.24) is 4.98 Å². The molecule has 0 radical (unpaired) electrons. The minimum Gasteiger partial charge on any atom is -0.357 e. The number of hydrogen-bond acceptors (Lipinski definition) is 1. The largest absolute Gasteiger partial charge is 0.357 e. The standard InChI is InChI=1S/C11H9BrFNO/c1-2-8-10(12)11(15)7-5-6(13)3-4-9(7)14-8/h3-5H,2H2,1H3,(H,14,15). The number of aromatic amines is 1. The maximum absolute atomic E-state index is 13.0. The van der Waals surface area contributed by atoms with Crippen molar-refractivity contribution in [3.05, 3.63) is 44.4 Å². The molecule has 78 valence electrons. The number of pyridine rings is 1. The van der Waals surface area contributed by atoms with Crippen LogP contribution in [0.2, 0.25) is 0 Å². The van der Waals surface area contributed by atoms with E-state index in [-0.39, 0.29) is 5.43 Å². The summed E-state index contributed by atoms with van der Waals surface area (Å²) in [5, 5.41) is 0.374. The zero-order chi connectivity index (χ0) is 11.0. The van der Waals surface area contributed by atoms with Gasteiger partial charge in [-0.05, 0) is 40.5 Å². The molecule has 0 bridgehead atoms. The summed E-state index contributed by atoms with van der Waals surface area (Å²) < 4.78 is 13.5. The number of rotatable bonds is 1. The lowest BCUT2D eigenvalue weighted by atomic mass is 10.1. The summed E-state index contributed by atoms with van der Waals surface area (Å²) in [7, 11) is 0. The first-order chi connectivity index (χ1) is 7.13. The number of hydrogen-bond donors (Lipinski definition) is 1. The van der Waals surface area contributed by atoms with Crippen molar-refractivity contribution >= 4 is 26.8 Å². The molecule has 0 amide bonds. The molecule has 0 aliphatic rings. The fourth-order valence-electron chi connectivity index (χ4n) is 1.53. The van der Waals surface area contributed by atoms with E-state index < -0.39 is 5.82 Å². The monoisotopic (exact) mass is 269 g/mol. The van der Waals surface area contributed by atoms with Crippen molar-refractivity contribution in [3.63, 3.8) is 0 Å². The maximum atomic E-state index is 13.0. The molecule has 0 atom stereocenters. The SMILES string of the molecule is CCc1[nH]c2ccc(F)cc2c(=O)c1Br. The predicted octanol–water partition coefficient (Wildman–Crippen LogP) is 2.99. The van der Waals surface area contributed by atoms with Crippen LogP contribution in [0.1, 0.15) is 12.6 Å². The molecular formula is C11H9BrFNO. The van der Waals surface area contributed by atoms with Gasteiger partial charge in [0.25, 0.3) is 0 Å². The summed E-state index contributed by atoms with van der Waals surface area (Å²) >= 11 is 3.22. The number of aryl methyl sites for hydroxylation is 1. The van der Waals surface area contributed by atoms with Crippen LogP contribution < -0.4 is 5.43 Å². The summed E-state index contributed by atoms with van der Waals surface area (Å²) in [6.45, 7) is 1.95. The Hall–Kier alpha value is -1.16. The average Bonchev–Trinajstić information content (AvgIpc) is 2.24. The number of H-pyrrole nitrogens is 1. The molecule has 1 aromatic heterocycles. The summed E-state index contributed by atoms with van der Waals surface area (Å²) in [5.41, 5.74) is 1.33. The van der Waals surface area contributed by atoms with Gasteiger partial charge in [-0.25, -0.2) is 4.39 Å². The van der Waals surface area contributed by atoms with E-state index in [9.17, 15) is 9.18 Å². The molecule has 0 saturated carbocycles. The maximum Gasteiger partial charge on any atom is 0.203 e. The van der Waals surface area contributed by atoms with E-state index >= 15 is 0 Å². The number of fused-ring (bicyclic) bond motifs is 1. The first-order valence-corrected chi connectivity index (χ1v) is 5.42. The van der Waals surface area contributed by atoms with Gasteiger partial charge >= 0.3 is 0 Å². The van der Waals surface area contributed by atoms with E-state index in [0.29, 0.717) is 15.4 Å². The quantitative estimate of drug-likeness (QED) is 0.848. The van der Waals surface area contributed by atoms with Gasteiger partial charge in [0, 0.05) is 16.6 Å². The van der Waals surface area contributed by atoms with Crippen LogP contribution in [0.25, 0.3) is 10.9 Å². The van der Waals surface area contributed by atoms with E-state index in [4.69, 9.17) is 0 Å². The third kappa shape index (κ3) is 1.69. The highest BCUT2D eigenvalue weighted by atomic mass is 79.9. The third-order valence-electron chi connectivity index (χ3n) is 2.33. The molecule has 15 heavy (non-hydrogen) atoms. The van der Waals surface area contributed by atoms with Crippen LogP contribution in [0.4, 0.5) is 4.39 Å². The van der Waals surface area contributed by atoms with Gasteiger partial charge < -0.3 is 4.98 Å². The van der Waals surface area contributed by atoms with E-state index in [1.54, 1.807) is 6.07 Å². The highest BCUT2D eigenvalue weighted by molar-refractivity contribution is 9.10. The minimum absolute atomic E-state index is 0.167. The van der Waals surface area contributed by atoms with Gasteiger partial charge in [-0.1, -0.05) is 6.92 Å². The van der Waals surface area contributed by atoms with Crippen molar-refractivity contribution in [1.29, 1.82) is 0 Å². The molecule has 2 aromatic rings. The topological polar surface area (TPSA) is 32.9 Å². The zero-order valence-corrected chi connectivity index (χ0v) is 9.69. The third-order valence-corrected chi connectivity index (χ3v) is 3.17. The van der Waals surface area contributed by atoms with Gasteiger partial charge in [0.15, 0.2) is 0 Å². The zero-order valence-electron chi connectivity index (χ0n) is 8.10. The van der Waals surface area contributed by atoms with Crippen LogP contribution in [-0.4, -0.2) is 4.98 Å². The van der Waals surface area contributed by atoms with Crippen LogP contribution in [0.5, 0.6) is 0 Å². The van der Waals surface area contributed by atoms with Crippen molar-refractivity contribution in [2.45, 2.75) is 13.3 Å². The molecule has 0 aliphatic heterocycles. The Morgan fingerprint density at radius 2 is 2.20 bits per heavy atom. The highest BCUT2D eigenvalue weighted by Crippen LogP contribution is 2.17. The van der Waals surface area contributed by atoms with Crippen LogP contribution >= 0.6 is 15.9 Å². The van der Waals surface area contributed by atoms with Gasteiger partial charge in [0.2, 0.25) is 5.43 Å². The first kappa shape index (κ1) is 10.4. The Balaban J connectivity index is 2.91. The van der Waals surface area contributed by atoms with Gasteiger partial charge in [0.1, 0.15) is 5.82 Å². The summed E-state index contributed by atoms with van der Waals surface area (Å²) in [6, 6.07) is 4.17. The van der Waals surface area contributed by atoms with Gasteiger partial charge in [-0.15, -0.1) is 0 Å². The summed E-state index contributed by atoms with van der Waals surface area (Å²) in [5.74, 6) is -0.399. The van der Waals surface area contributed by atoms with Crippen molar-refractivity contribution in [2.75, 3.05) is 0 Å². The summed E-state index contributed by atoms with van der Waals surface area (Å²) in [6.07, 6.45) is 0.725. The normalized spacial score (nSPS) is 10.9. The molecule has 0 unspecified atom stereocenters. The number of aromatic nitrogens is 1. The first-order valence-electron chi connectivity index (χ1n) is 4.63. The molecule has 0 fully saturated rings. The van der Waals surface area contributed by atoms with Crippen LogP contribution in [0, 0.1) is 5.82 Å². The Morgan fingerprint density at radius 3 is 2.87 bits per heavy atom. The van der Waals surface area contributed by atoms with Crippen LogP contribution in [-0.2, 0) is 6.42 Å². The van der Waals surface area contributed by atoms with Crippen molar-refractivity contribution in [2.24, 2.45) is 0 Å². The molecule has 0 spiro atoms. The molecule has 1 N–H and O–H groups in total. The minimum atomic E-state index is -0.399. The molecule has 4 heteroatoms. The second-order valence-corrected chi connectivity index (χ2v) is 4.08. The van der Waals surface area contributed by atoms with E-state index in [1.165, 1.54) is 12.1 Å². The van der Waals surface area contributed by atoms with Crippen molar-refractivity contribution in [3.8, 4) is 0 Å². The Morgan fingerprint density at radius 1 is 1.47 bits per heavy atom. The molecular weight excluding hydrogens is 261 g/mol. The molecule has 0 saturated heterocycles. The highest BCUT2D eigenvalue weighted by Gasteiger charge is 2.08. The van der Waals surface area contributed by atoms with Crippen molar-refractivity contribution < 1.29 is 4.39 Å². The number of benzene rings is 1. The number of nitrogens with one attached hydrogen (secondary N) is 1. The smallest absolute Gasteiger partial charge is 0.203 e. The molecule has 2 rings (SSSR count). The second kappa shape index (κ2) is 3.77. The predicted molar refractivity (Wildman–Crippen MR) is 61.6 cm³/mol. The van der Waals surface area contributed by atoms with Gasteiger partial charge in [-0.3, -0.25) is 4.79 Å². The van der Waals surface area contributed by atoms with E-state index in [0.717, 1.165) is 12.1 Å². The molecule has 1 aromatic carbocycles. The van der Waals surface area contributed by atoms with E-state index in [1.807, 2.05) is 6.92 Å². The fraction of sp³-hybridized carbons (Fsp3) is 0.182. The molecule has 1 heterocycles. The van der Waals surface area contributed by atoms with Crippen LogP contribution in [0.3, 0.4) is 0 Å². The van der Waals surface area contributed by atoms with Crippen LogP contribution in [0.15, 0.2) is 27.5 Å². The lowest BCUT2D eigenvalue weighted by Gasteiger charge is -2.04. The van der Waals surface area contributed by atoms with E-state index in [2.05, 4.69) is 20.9 Å². The lowest BCUT2D eigenvalue weighted by molar-refractivity contribution is 0.629. The molecule has 0 aliphatic carbocycles. The number of halogens is 2. The van der Waals surface area contributed by atoms with Gasteiger partial charge in [0.05, 0.1) is 4.47 Å².